The van der Waals surface area contributed by atoms with Crippen molar-refractivity contribution >= 4 is 21.6 Å². The molecule has 1 aliphatic heterocycles. The van der Waals surface area contributed by atoms with Crippen molar-refractivity contribution in [3.8, 4) is 5.75 Å². The lowest BCUT2D eigenvalue weighted by atomic mass is 9.92. The van der Waals surface area contributed by atoms with E-state index in [0.29, 0.717) is 12.2 Å². The van der Waals surface area contributed by atoms with E-state index in [1.807, 2.05) is 6.92 Å². The van der Waals surface area contributed by atoms with Crippen LogP contribution >= 0.6 is 11.6 Å². The number of benzene rings is 1. The second-order valence-corrected chi connectivity index (χ2v) is 7.39. The molecule has 1 heterocycles. The van der Waals surface area contributed by atoms with Crippen molar-refractivity contribution in [2.45, 2.75) is 30.3 Å². The van der Waals surface area contributed by atoms with Gasteiger partial charge in [-0.3, -0.25) is 0 Å². The maximum Gasteiger partial charge on any atom is 0.243 e. The Morgan fingerprint density at radius 2 is 2.10 bits per heavy atom. The number of nitrogens with zero attached hydrogens (tertiary/aromatic N) is 1. The summed E-state index contributed by atoms with van der Waals surface area (Å²) in [4.78, 5) is 0.113. The van der Waals surface area contributed by atoms with Gasteiger partial charge in [-0.2, -0.15) is 4.31 Å². The first-order chi connectivity index (χ1) is 9.32. The zero-order valence-electron chi connectivity index (χ0n) is 11.5. The number of sulfonamides is 1. The van der Waals surface area contributed by atoms with Gasteiger partial charge in [-0.15, -0.1) is 0 Å². The van der Waals surface area contributed by atoms with Gasteiger partial charge >= 0.3 is 0 Å². The van der Waals surface area contributed by atoms with Crippen LogP contribution in [-0.4, -0.2) is 43.6 Å². The van der Waals surface area contributed by atoms with Crippen LogP contribution in [0.25, 0.3) is 0 Å². The summed E-state index contributed by atoms with van der Waals surface area (Å²) in [5.74, 6) is 0.428. The highest BCUT2D eigenvalue weighted by atomic mass is 35.5. The highest BCUT2D eigenvalue weighted by molar-refractivity contribution is 7.89. The molecule has 1 fully saturated rings. The molecule has 0 spiro atoms. The van der Waals surface area contributed by atoms with Crippen molar-refractivity contribution in [1.29, 1.82) is 0 Å². The number of β-amino-alcohol motifs (C(OH)–C–C–N with tert-alkyl or cyclic N) is 1. The number of rotatable bonds is 5. The monoisotopic (exact) mass is 319 g/mol. The van der Waals surface area contributed by atoms with Gasteiger partial charge < -0.3 is 9.84 Å². The zero-order chi connectivity index (χ0) is 15.0. The molecule has 0 aromatic heterocycles. The Kier molecular flexibility index (Phi) is 4.30. The van der Waals surface area contributed by atoms with Gasteiger partial charge in [0, 0.05) is 13.1 Å². The van der Waals surface area contributed by atoms with Crippen molar-refractivity contribution in [2.75, 3.05) is 20.2 Å². The number of methoxy groups -OCH3 is 1. The van der Waals surface area contributed by atoms with Gasteiger partial charge in [0.05, 0.1) is 22.6 Å². The maximum atomic E-state index is 12.4. The van der Waals surface area contributed by atoms with E-state index in [9.17, 15) is 13.5 Å². The summed E-state index contributed by atoms with van der Waals surface area (Å²) < 4.78 is 31.0. The lowest BCUT2D eigenvalue weighted by Crippen LogP contribution is -2.63. The standard InChI is InChI=1S/C13H18ClNO4S/c1-3-6-13(16)8-15(9-13)20(17,18)10-4-5-12(19-2)11(14)7-10/h4-5,7,16H,3,6,8-9H2,1-2H3. The molecule has 112 valence electrons. The fraction of sp³-hybridized carbons (Fsp3) is 0.538. The second kappa shape index (κ2) is 5.52. The van der Waals surface area contributed by atoms with Gasteiger partial charge in [-0.25, -0.2) is 8.42 Å². The minimum Gasteiger partial charge on any atom is -0.495 e. The van der Waals surface area contributed by atoms with Crippen molar-refractivity contribution < 1.29 is 18.3 Å². The molecule has 1 aromatic carbocycles. The molecule has 0 atom stereocenters. The fourth-order valence-electron chi connectivity index (χ4n) is 2.36. The predicted molar refractivity (Wildman–Crippen MR) is 76.6 cm³/mol. The predicted octanol–water partition coefficient (Wildman–Crippen LogP) is 1.88. The molecule has 1 aromatic rings. The number of ether oxygens (including phenoxy) is 1. The second-order valence-electron chi connectivity index (χ2n) is 5.04. The van der Waals surface area contributed by atoms with Gasteiger partial charge in [0.1, 0.15) is 5.75 Å². The molecule has 5 nitrogen and oxygen atoms in total. The molecular weight excluding hydrogens is 302 g/mol. The molecule has 0 saturated carbocycles. The van der Waals surface area contributed by atoms with Crippen LogP contribution in [0.1, 0.15) is 19.8 Å². The maximum absolute atomic E-state index is 12.4. The van der Waals surface area contributed by atoms with Crippen LogP contribution in [0.5, 0.6) is 5.75 Å². The van der Waals surface area contributed by atoms with Crippen LogP contribution in [0, 0.1) is 0 Å². The van der Waals surface area contributed by atoms with Crippen molar-refractivity contribution in [1.82, 2.24) is 4.31 Å². The van der Waals surface area contributed by atoms with E-state index in [1.54, 1.807) is 0 Å². The summed E-state index contributed by atoms with van der Waals surface area (Å²) in [5, 5.41) is 10.3. The van der Waals surface area contributed by atoms with Crippen LogP contribution in [0.3, 0.4) is 0 Å². The van der Waals surface area contributed by atoms with Crippen molar-refractivity contribution in [3.63, 3.8) is 0 Å². The van der Waals surface area contributed by atoms with Gasteiger partial charge in [0.25, 0.3) is 0 Å². The summed E-state index contributed by atoms with van der Waals surface area (Å²) in [6.07, 6.45) is 1.42. The van der Waals surface area contributed by atoms with E-state index in [4.69, 9.17) is 16.3 Å². The molecule has 2 rings (SSSR count). The Labute approximate surface area is 124 Å². The highest BCUT2D eigenvalue weighted by Crippen LogP contribution is 2.33. The Balaban J connectivity index is 2.19. The quantitative estimate of drug-likeness (QED) is 0.900. The molecule has 0 aliphatic carbocycles. The zero-order valence-corrected chi connectivity index (χ0v) is 13.0. The lowest BCUT2D eigenvalue weighted by Gasteiger charge is -2.45. The first kappa shape index (κ1) is 15.6. The summed E-state index contributed by atoms with van der Waals surface area (Å²) in [6, 6.07) is 4.34. The summed E-state index contributed by atoms with van der Waals surface area (Å²) in [7, 11) is -2.14. The minimum atomic E-state index is -3.61. The molecule has 7 heteroatoms. The Morgan fingerprint density at radius 1 is 1.45 bits per heavy atom. The summed E-state index contributed by atoms with van der Waals surface area (Å²) in [5.41, 5.74) is -0.891. The largest absolute Gasteiger partial charge is 0.495 e. The Morgan fingerprint density at radius 3 is 2.60 bits per heavy atom. The number of aliphatic hydroxyl groups is 1. The van der Waals surface area contributed by atoms with Gasteiger partial charge in [-0.1, -0.05) is 24.9 Å². The Hall–Kier alpha value is -0.820. The third-order valence-corrected chi connectivity index (χ3v) is 5.50. The van der Waals surface area contributed by atoms with E-state index in [0.717, 1.165) is 6.42 Å². The average molecular weight is 320 g/mol. The number of hydrogen-bond donors (Lipinski definition) is 1. The van der Waals surface area contributed by atoms with Crippen LogP contribution in [-0.2, 0) is 10.0 Å². The number of hydrogen-bond acceptors (Lipinski definition) is 4. The molecule has 0 amide bonds. The van der Waals surface area contributed by atoms with Crippen LogP contribution in [0.15, 0.2) is 23.1 Å². The molecule has 1 saturated heterocycles. The summed E-state index contributed by atoms with van der Waals surface area (Å²) >= 11 is 5.95. The molecule has 0 radical (unpaired) electrons. The van der Waals surface area contributed by atoms with Gasteiger partial charge in [0.15, 0.2) is 0 Å². The fourth-order valence-corrected chi connectivity index (χ4v) is 4.31. The summed E-state index contributed by atoms with van der Waals surface area (Å²) in [6.45, 7) is 2.22. The highest BCUT2D eigenvalue weighted by Gasteiger charge is 2.46. The van der Waals surface area contributed by atoms with Gasteiger partial charge in [-0.05, 0) is 24.6 Å². The minimum absolute atomic E-state index is 0.113. The van der Waals surface area contributed by atoms with E-state index in [2.05, 4.69) is 0 Å². The first-order valence-corrected chi connectivity index (χ1v) is 8.20. The molecule has 0 bridgehead atoms. The smallest absolute Gasteiger partial charge is 0.243 e. The molecule has 1 N–H and O–H groups in total. The third-order valence-electron chi connectivity index (χ3n) is 3.42. The van der Waals surface area contributed by atoms with E-state index in [-0.39, 0.29) is 23.0 Å². The SMILES string of the molecule is CCCC1(O)CN(S(=O)(=O)c2ccc(OC)c(Cl)c2)C1. The normalized spacial score (nSPS) is 18.6. The topological polar surface area (TPSA) is 66.8 Å². The van der Waals surface area contributed by atoms with E-state index >= 15 is 0 Å². The molecule has 1 aliphatic rings. The molecular formula is C13H18ClNO4S. The average Bonchev–Trinajstić information content (AvgIpc) is 2.36. The van der Waals surface area contributed by atoms with E-state index < -0.39 is 15.6 Å². The van der Waals surface area contributed by atoms with Crippen molar-refractivity contribution in [2.24, 2.45) is 0 Å². The first-order valence-electron chi connectivity index (χ1n) is 6.38. The lowest BCUT2D eigenvalue weighted by molar-refractivity contribution is -0.0653. The van der Waals surface area contributed by atoms with Crippen LogP contribution in [0.4, 0.5) is 0 Å². The molecule has 0 unspecified atom stereocenters. The van der Waals surface area contributed by atoms with Gasteiger partial charge in [0.2, 0.25) is 10.0 Å². The van der Waals surface area contributed by atoms with Crippen molar-refractivity contribution in [3.05, 3.63) is 23.2 Å². The Bertz CT molecular complexity index is 596. The van der Waals surface area contributed by atoms with E-state index in [1.165, 1.54) is 29.6 Å². The molecule has 20 heavy (non-hydrogen) atoms. The third kappa shape index (κ3) is 2.79. The van der Waals surface area contributed by atoms with Crippen LogP contribution in [0.2, 0.25) is 5.02 Å². The number of halogens is 1. The van der Waals surface area contributed by atoms with Crippen LogP contribution < -0.4 is 4.74 Å².